The summed E-state index contributed by atoms with van der Waals surface area (Å²) in [4.78, 5) is 0. The molecule has 1 aliphatic carbocycles. The van der Waals surface area contributed by atoms with Crippen LogP contribution in [0.15, 0.2) is 24.3 Å². The number of hydrogen-bond donors (Lipinski definition) is 1. The maximum absolute atomic E-state index is 12.0. The van der Waals surface area contributed by atoms with E-state index in [4.69, 9.17) is 10.5 Å². The number of hydrogen-bond acceptors (Lipinski definition) is 4. The Morgan fingerprint density at radius 3 is 2.60 bits per heavy atom. The van der Waals surface area contributed by atoms with Crippen LogP contribution in [0.1, 0.15) is 31.2 Å². The summed E-state index contributed by atoms with van der Waals surface area (Å²) < 4.78 is 29.6. The summed E-state index contributed by atoms with van der Waals surface area (Å²) in [5.74, 6) is 1.44. The fraction of sp³-hybridized carbons (Fsp3) is 0.600. The van der Waals surface area contributed by atoms with Gasteiger partial charge in [-0.2, -0.15) is 0 Å². The second kappa shape index (κ2) is 7.09. The van der Waals surface area contributed by atoms with Gasteiger partial charge in [0, 0.05) is 12.1 Å². The molecule has 20 heavy (non-hydrogen) atoms. The molecule has 2 N–H and O–H groups in total. The summed E-state index contributed by atoms with van der Waals surface area (Å²) in [7, 11) is -3.01. The molecule has 0 amide bonds. The molecular weight excluding hydrogens is 274 g/mol. The summed E-state index contributed by atoms with van der Waals surface area (Å²) in [5.41, 5.74) is 6.52. The lowest BCUT2D eigenvalue weighted by molar-refractivity contribution is 0.337. The molecule has 0 heterocycles. The first-order valence-electron chi connectivity index (χ1n) is 7.22. The van der Waals surface area contributed by atoms with E-state index in [-0.39, 0.29) is 12.4 Å². The lowest BCUT2D eigenvalue weighted by Crippen LogP contribution is -2.21. The van der Waals surface area contributed by atoms with Gasteiger partial charge in [-0.1, -0.05) is 31.0 Å². The molecule has 0 aromatic heterocycles. The molecule has 1 aliphatic rings. The van der Waals surface area contributed by atoms with Crippen molar-refractivity contribution in [2.24, 2.45) is 11.7 Å². The molecule has 1 aromatic rings. The topological polar surface area (TPSA) is 69.4 Å². The zero-order valence-electron chi connectivity index (χ0n) is 11.8. The van der Waals surface area contributed by atoms with Crippen molar-refractivity contribution < 1.29 is 13.2 Å². The minimum Gasteiger partial charge on any atom is -0.492 e. The predicted octanol–water partition coefficient (Wildman–Crippen LogP) is 2.13. The van der Waals surface area contributed by atoms with Crippen LogP contribution in [0.4, 0.5) is 0 Å². The van der Waals surface area contributed by atoms with E-state index in [2.05, 4.69) is 0 Å². The molecule has 1 saturated carbocycles. The van der Waals surface area contributed by atoms with Gasteiger partial charge < -0.3 is 10.5 Å². The van der Waals surface area contributed by atoms with Crippen LogP contribution in [-0.2, 0) is 16.4 Å². The Balaban J connectivity index is 1.82. The normalized spacial score (nSPS) is 16.4. The van der Waals surface area contributed by atoms with E-state index in [9.17, 15) is 8.42 Å². The second-order valence-electron chi connectivity index (χ2n) is 5.43. The van der Waals surface area contributed by atoms with Crippen LogP contribution in [0, 0.1) is 5.92 Å². The van der Waals surface area contributed by atoms with Crippen molar-refractivity contribution in [1.82, 2.24) is 0 Å². The van der Waals surface area contributed by atoms with E-state index in [1.807, 2.05) is 24.3 Å². The van der Waals surface area contributed by atoms with Gasteiger partial charge >= 0.3 is 0 Å². The van der Waals surface area contributed by atoms with Crippen molar-refractivity contribution in [2.45, 2.75) is 32.2 Å². The Bertz CT molecular complexity index is 522. The number of ether oxygens (including phenoxy) is 1. The Morgan fingerprint density at radius 1 is 1.20 bits per heavy atom. The summed E-state index contributed by atoms with van der Waals surface area (Å²) in [6.45, 7) is 0.594. The number of sulfone groups is 1. The lowest BCUT2D eigenvalue weighted by Gasteiger charge is -2.12. The van der Waals surface area contributed by atoms with Crippen molar-refractivity contribution in [1.29, 1.82) is 0 Å². The van der Waals surface area contributed by atoms with Crippen molar-refractivity contribution in [3.63, 3.8) is 0 Å². The summed E-state index contributed by atoms with van der Waals surface area (Å²) in [6, 6.07) is 7.47. The SMILES string of the molecule is NCc1ccccc1OCCS(=O)(=O)CC1CCCC1. The zero-order valence-corrected chi connectivity index (χ0v) is 12.6. The van der Waals surface area contributed by atoms with Crippen LogP contribution < -0.4 is 10.5 Å². The largest absolute Gasteiger partial charge is 0.492 e. The number of benzene rings is 1. The molecule has 0 spiro atoms. The van der Waals surface area contributed by atoms with E-state index in [0.29, 0.717) is 24.0 Å². The third-order valence-electron chi connectivity index (χ3n) is 3.81. The number of nitrogens with two attached hydrogens (primary N) is 1. The van der Waals surface area contributed by atoms with E-state index >= 15 is 0 Å². The van der Waals surface area contributed by atoms with E-state index in [1.165, 1.54) is 12.8 Å². The fourth-order valence-electron chi connectivity index (χ4n) is 2.71. The molecule has 0 bridgehead atoms. The average molecular weight is 297 g/mol. The lowest BCUT2D eigenvalue weighted by atomic mass is 10.1. The highest BCUT2D eigenvalue weighted by Crippen LogP contribution is 2.26. The molecule has 112 valence electrons. The second-order valence-corrected chi connectivity index (χ2v) is 7.65. The molecule has 0 saturated heterocycles. The standard InChI is InChI=1S/C15H23NO3S/c16-11-14-7-3-4-8-15(14)19-9-10-20(17,18)12-13-5-1-2-6-13/h3-4,7-8,13H,1-2,5-6,9-12,16H2. The maximum atomic E-state index is 12.0. The van der Waals surface area contributed by atoms with Gasteiger partial charge in [0.15, 0.2) is 9.84 Å². The summed E-state index contributed by atoms with van der Waals surface area (Å²) in [5, 5.41) is 0. The Hall–Kier alpha value is -1.07. The first kappa shape index (κ1) is 15.3. The monoisotopic (exact) mass is 297 g/mol. The molecule has 5 heteroatoms. The van der Waals surface area contributed by atoms with Crippen LogP contribution in [0.3, 0.4) is 0 Å². The van der Waals surface area contributed by atoms with Gasteiger partial charge in [-0.3, -0.25) is 0 Å². The molecule has 0 radical (unpaired) electrons. The van der Waals surface area contributed by atoms with E-state index in [1.54, 1.807) is 0 Å². The first-order chi connectivity index (χ1) is 9.61. The van der Waals surface area contributed by atoms with Gasteiger partial charge in [0.1, 0.15) is 12.4 Å². The minimum atomic E-state index is -3.01. The highest BCUT2D eigenvalue weighted by Gasteiger charge is 2.22. The first-order valence-corrected chi connectivity index (χ1v) is 9.04. The van der Waals surface area contributed by atoms with Crippen LogP contribution in [-0.4, -0.2) is 26.5 Å². The molecule has 0 aliphatic heterocycles. The maximum Gasteiger partial charge on any atom is 0.153 e. The Labute approximate surface area is 121 Å². The van der Waals surface area contributed by atoms with Crippen LogP contribution in [0.2, 0.25) is 0 Å². The molecule has 1 fully saturated rings. The summed E-state index contributed by atoms with van der Waals surface area (Å²) >= 11 is 0. The molecule has 0 atom stereocenters. The van der Waals surface area contributed by atoms with Crippen molar-refractivity contribution in [3.8, 4) is 5.75 Å². The quantitative estimate of drug-likeness (QED) is 0.837. The Kier molecular flexibility index (Phi) is 5.43. The van der Waals surface area contributed by atoms with Gasteiger partial charge in [-0.05, 0) is 24.8 Å². The van der Waals surface area contributed by atoms with Gasteiger partial charge in [-0.25, -0.2) is 8.42 Å². The average Bonchev–Trinajstić information content (AvgIpc) is 2.91. The van der Waals surface area contributed by atoms with Crippen molar-refractivity contribution >= 4 is 9.84 Å². The van der Waals surface area contributed by atoms with Gasteiger partial charge in [-0.15, -0.1) is 0 Å². The smallest absolute Gasteiger partial charge is 0.153 e. The van der Waals surface area contributed by atoms with Gasteiger partial charge in [0.05, 0.1) is 11.5 Å². The predicted molar refractivity (Wildman–Crippen MR) is 80.4 cm³/mol. The molecular formula is C15H23NO3S. The number of rotatable bonds is 7. The van der Waals surface area contributed by atoms with Crippen LogP contribution >= 0.6 is 0 Å². The fourth-order valence-corrected chi connectivity index (χ4v) is 4.27. The van der Waals surface area contributed by atoms with E-state index < -0.39 is 9.84 Å². The molecule has 0 unspecified atom stereocenters. The van der Waals surface area contributed by atoms with Crippen molar-refractivity contribution in [2.75, 3.05) is 18.1 Å². The highest BCUT2D eigenvalue weighted by atomic mass is 32.2. The van der Waals surface area contributed by atoms with Gasteiger partial charge in [0.2, 0.25) is 0 Å². The van der Waals surface area contributed by atoms with Crippen LogP contribution in [0.5, 0.6) is 5.75 Å². The number of para-hydroxylation sites is 1. The zero-order chi connectivity index (χ0) is 14.4. The van der Waals surface area contributed by atoms with Crippen molar-refractivity contribution in [3.05, 3.63) is 29.8 Å². The third kappa shape index (κ3) is 4.49. The molecule has 1 aromatic carbocycles. The Morgan fingerprint density at radius 2 is 1.90 bits per heavy atom. The molecule has 2 rings (SSSR count). The van der Waals surface area contributed by atoms with E-state index in [0.717, 1.165) is 18.4 Å². The third-order valence-corrected chi connectivity index (χ3v) is 5.58. The summed E-state index contributed by atoms with van der Waals surface area (Å²) in [6.07, 6.45) is 4.44. The molecule has 4 nitrogen and oxygen atoms in total. The van der Waals surface area contributed by atoms with Crippen LogP contribution in [0.25, 0.3) is 0 Å². The highest BCUT2D eigenvalue weighted by molar-refractivity contribution is 7.91. The van der Waals surface area contributed by atoms with Gasteiger partial charge in [0.25, 0.3) is 0 Å². The minimum absolute atomic E-state index is 0.0857.